The van der Waals surface area contributed by atoms with E-state index in [0.29, 0.717) is 13.2 Å². The van der Waals surface area contributed by atoms with E-state index in [1.807, 2.05) is 18.2 Å². The number of alkyl halides is 1. The van der Waals surface area contributed by atoms with Gasteiger partial charge in [0.25, 0.3) is 0 Å². The van der Waals surface area contributed by atoms with Gasteiger partial charge in [0.15, 0.2) is 0 Å². The molecule has 1 heterocycles. The molecule has 2 N–H and O–H groups in total. The lowest BCUT2D eigenvalue weighted by Crippen LogP contribution is -2.36. The molecule has 1 saturated heterocycles. The van der Waals surface area contributed by atoms with Gasteiger partial charge in [-0.3, -0.25) is 0 Å². The summed E-state index contributed by atoms with van der Waals surface area (Å²) in [6.45, 7) is 7.68. The van der Waals surface area contributed by atoms with Gasteiger partial charge in [0.05, 0.1) is 9.45 Å². The number of β-amino-alcohol motifs (C(OH)–C–C–N with tert-alkyl or cyclic N) is 1. The molecule has 1 aliphatic rings. The lowest BCUT2D eigenvalue weighted by Gasteiger charge is -2.27. The van der Waals surface area contributed by atoms with Crippen molar-refractivity contribution in [3.63, 3.8) is 0 Å². The summed E-state index contributed by atoms with van der Waals surface area (Å²) in [5.41, 5.74) is 2.13. The fraction of sp³-hybridized carbons (Fsp3) is 0.556. The molecule has 0 aromatic heterocycles. The molecule has 7 heteroatoms. The molecule has 3 rings (SSSR count). The Morgan fingerprint density at radius 1 is 0.912 bits per heavy atom. The topological polar surface area (TPSA) is 62.2 Å². The molecule has 0 aliphatic carbocycles. The number of aliphatic hydroxyl groups is 2. The van der Waals surface area contributed by atoms with Crippen LogP contribution in [0.15, 0.2) is 42.5 Å². The fourth-order valence-corrected chi connectivity index (χ4v) is 4.99. The van der Waals surface area contributed by atoms with Crippen LogP contribution in [-0.2, 0) is 5.41 Å². The Labute approximate surface area is 222 Å². The second-order valence-electron chi connectivity index (χ2n) is 9.59. The molecule has 2 atom stereocenters. The van der Waals surface area contributed by atoms with Gasteiger partial charge in [0, 0.05) is 12.0 Å². The van der Waals surface area contributed by atoms with Gasteiger partial charge in [-0.05, 0) is 83.9 Å². The first kappa shape index (κ1) is 27.5. The van der Waals surface area contributed by atoms with E-state index in [0.717, 1.165) is 28.2 Å². The number of benzene rings is 2. The highest BCUT2D eigenvalue weighted by Crippen LogP contribution is 2.35. The Bertz CT molecular complexity index is 885. The highest BCUT2D eigenvalue weighted by molar-refractivity contribution is 14.1. The predicted molar refractivity (Wildman–Crippen MR) is 146 cm³/mol. The number of halogens is 2. The normalized spacial score (nSPS) is 17.1. The minimum atomic E-state index is -0.676. The summed E-state index contributed by atoms with van der Waals surface area (Å²) in [6, 6.07) is 14.3. The van der Waals surface area contributed by atoms with Crippen molar-refractivity contribution in [1.29, 1.82) is 0 Å². The zero-order valence-electron chi connectivity index (χ0n) is 20.2. The Morgan fingerprint density at radius 3 is 2.15 bits per heavy atom. The lowest BCUT2D eigenvalue weighted by molar-refractivity contribution is 0.0693. The van der Waals surface area contributed by atoms with Crippen molar-refractivity contribution in [2.45, 2.75) is 57.2 Å². The smallest absolute Gasteiger partial charge is 0.132 e. The molecule has 34 heavy (non-hydrogen) atoms. The van der Waals surface area contributed by atoms with Gasteiger partial charge in [0.1, 0.15) is 36.9 Å². The van der Waals surface area contributed by atoms with Gasteiger partial charge in [0.2, 0.25) is 0 Å². The minimum absolute atomic E-state index is 0.152. The quantitative estimate of drug-likeness (QED) is 0.274. The largest absolute Gasteiger partial charge is 0.491 e. The first-order valence-electron chi connectivity index (χ1n) is 12.1. The molecule has 0 unspecified atom stereocenters. The Kier molecular flexibility index (Phi) is 10.8. The van der Waals surface area contributed by atoms with Crippen molar-refractivity contribution in [3.05, 3.63) is 57.2 Å². The summed E-state index contributed by atoms with van der Waals surface area (Å²) >= 11 is 7.91. The van der Waals surface area contributed by atoms with Crippen molar-refractivity contribution in [3.8, 4) is 11.5 Å². The average Bonchev–Trinajstić information content (AvgIpc) is 3.10. The molecule has 1 aliphatic heterocycles. The van der Waals surface area contributed by atoms with Gasteiger partial charge in [-0.15, -0.1) is 11.6 Å². The first-order valence-corrected chi connectivity index (χ1v) is 13.7. The number of aliphatic hydroxyl groups excluding tert-OH is 2. The SMILES string of the molecule is CC(C)(c1ccc(OC[C@@H](O)CN2CCCCCC2)cc1)c1ccc(OC[C@@H](O)CCl)c(I)c1. The summed E-state index contributed by atoms with van der Waals surface area (Å²) in [6.07, 6.45) is 3.86. The fourth-order valence-electron chi connectivity index (χ4n) is 4.23. The number of hydrogen-bond acceptors (Lipinski definition) is 5. The van der Waals surface area contributed by atoms with Crippen LogP contribution in [0.25, 0.3) is 0 Å². The summed E-state index contributed by atoms with van der Waals surface area (Å²) in [4.78, 5) is 2.35. The second-order valence-corrected chi connectivity index (χ2v) is 11.1. The van der Waals surface area contributed by atoms with Crippen molar-refractivity contribution in [2.75, 3.05) is 38.7 Å². The van der Waals surface area contributed by atoms with Crippen molar-refractivity contribution < 1.29 is 19.7 Å². The number of hydrogen-bond donors (Lipinski definition) is 2. The van der Waals surface area contributed by atoms with Crippen molar-refractivity contribution in [1.82, 2.24) is 4.90 Å². The van der Waals surface area contributed by atoms with E-state index in [9.17, 15) is 10.2 Å². The Morgan fingerprint density at radius 2 is 1.53 bits per heavy atom. The van der Waals surface area contributed by atoms with E-state index in [-0.39, 0.29) is 17.9 Å². The first-order chi connectivity index (χ1) is 16.3. The van der Waals surface area contributed by atoms with Gasteiger partial charge < -0.3 is 24.6 Å². The van der Waals surface area contributed by atoms with Crippen LogP contribution in [0.1, 0.15) is 50.7 Å². The van der Waals surface area contributed by atoms with Crippen LogP contribution in [0.5, 0.6) is 11.5 Å². The van der Waals surface area contributed by atoms with E-state index in [4.69, 9.17) is 21.1 Å². The van der Waals surface area contributed by atoms with E-state index in [2.05, 4.69) is 65.6 Å². The number of likely N-dealkylation sites (tertiary alicyclic amines) is 1. The zero-order chi connectivity index (χ0) is 24.6. The molecule has 0 saturated carbocycles. The summed E-state index contributed by atoms with van der Waals surface area (Å²) in [5, 5.41) is 20.1. The molecule has 1 fully saturated rings. The third-order valence-corrected chi connectivity index (χ3v) is 7.65. The molecule has 0 bridgehead atoms. The summed E-state index contributed by atoms with van der Waals surface area (Å²) < 4.78 is 12.6. The molecule has 0 amide bonds. The summed E-state index contributed by atoms with van der Waals surface area (Å²) in [5.74, 6) is 1.66. The maximum atomic E-state index is 10.4. The average molecular weight is 602 g/mol. The molecule has 2 aromatic carbocycles. The Hall–Kier alpha value is -1.06. The van der Waals surface area contributed by atoms with Gasteiger partial charge in [-0.2, -0.15) is 0 Å². The van der Waals surface area contributed by atoms with Crippen LogP contribution in [0, 0.1) is 3.57 Å². The maximum absolute atomic E-state index is 10.4. The molecule has 2 aromatic rings. The van der Waals surface area contributed by atoms with E-state index in [1.165, 1.54) is 36.8 Å². The predicted octanol–water partition coefficient (Wildman–Crippen LogP) is 5.21. The maximum Gasteiger partial charge on any atom is 0.132 e. The van der Waals surface area contributed by atoms with Gasteiger partial charge in [-0.25, -0.2) is 0 Å². The highest BCUT2D eigenvalue weighted by atomic mass is 127. The minimum Gasteiger partial charge on any atom is -0.491 e. The lowest BCUT2D eigenvalue weighted by atomic mass is 9.78. The number of ether oxygens (including phenoxy) is 2. The van der Waals surface area contributed by atoms with Crippen LogP contribution < -0.4 is 9.47 Å². The van der Waals surface area contributed by atoms with Gasteiger partial charge >= 0.3 is 0 Å². The van der Waals surface area contributed by atoms with Crippen molar-refractivity contribution >= 4 is 34.2 Å². The van der Waals surface area contributed by atoms with Crippen LogP contribution in [0.2, 0.25) is 0 Å². The third-order valence-electron chi connectivity index (χ3n) is 6.45. The number of nitrogens with zero attached hydrogens (tertiary/aromatic N) is 1. The number of rotatable bonds is 11. The monoisotopic (exact) mass is 601 g/mol. The molecule has 5 nitrogen and oxygen atoms in total. The van der Waals surface area contributed by atoms with Gasteiger partial charge in [-0.1, -0.05) is 44.9 Å². The third kappa shape index (κ3) is 7.98. The second kappa shape index (κ2) is 13.3. The molecule has 188 valence electrons. The standard InChI is InChI=1S/C27H37ClINO4/c1-27(2,21-9-12-26(25(29)15-21)34-18-22(31)16-28)20-7-10-24(11-8-20)33-19-23(32)17-30-13-5-3-4-6-14-30/h7-12,15,22-23,31-32H,3-6,13-14,16-19H2,1-2H3/t22-,23-/m0/s1. The van der Waals surface area contributed by atoms with Crippen LogP contribution >= 0.6 is 34.2 Å². The van der Waals surface area contributed by atoms with Crippen LogP contribution in [0.3, 0.4) is 0 Å². The summed E-state index contributed by atoms with van der Waals surface area (Å²) in [7, 11) is 0. The molecular formula is C27H37ClINO4. The Balaban J connectivity index is 1.56. The molecule has 0 radical (unpaired) electrons. The van der Waals surface area contributed by atoms with E-state index in [1.54, 1.807) is 0 Å². The van der Waals surface area contributed by atoms with E-state index < -0.39 is 12.2 Å². The molecule has 0 spiro atoms. The van der Waals surface area contributed by atoms with Crippen LogP contribution in [-0.4, -0.2) is 66.0 Å². The van der Waals surface area contributed by atoms with E-state index >= 15 is 0 Å². The van der Waals surface area contributed by atoms with Crippen LogP contribution in [0.4, 0.5) is 0 Å². The molecular weight excluding hydrogens is 565 g/mol. The highest BCUT2D eigenvalue weighted by Gasteiger charge is 2.24. The van der Waals surface area contributed by atoms with Crippen molar-refractivity contribution in [2.24, 2.45) is 0 Å². The zero-order valence-corrected chi connectivity index (χ0v) is 23.1.